The summed E-state index contributed by atoms with van der Waals surface area (Å²) in [5.74, 6) is -1.39. The summed E-state index contributed by atoms with van der Waals surface area (Å²) < 4.78 is 38.3. The van der Waals surface area contributed by atoms with Crippen molar-refractivity contribution in [1.29, 1.82) is 0 Å². The molecule has 0 aromatic carbocycles. The van der Waals surface area contributed by atoms with Gasteiger partial charge in [0.25, 0.3) is 12.3 Å². The number of aromatic nitrogens is 1. The number of amides is 1. The highest BCUT2D eigenvalue weighted by atomic mass is 19.3. The lowest BCUT2D eigenvalue weighted by molar-refractivity contribution is 0.0509. The van der Waals surface area contributed by atoms with Crippen LogP contribution >= 0.6 is 0 Å². The van der Waals surface area contributed by atoms with Crippen molar-refractivity contribution in [2.24, 2.45) is 0 Å². The molecule has 0 radical (unpaired) electrons. The Bertz CT molecular complexity index is 472. The molecule has 0 saturated carbocycles. The summed E-state index contributed by atoms with van der Waals surface area (Å²) in [5.41, 5.74) is -0.127. The summed E-state index contributed by atoms with van der Waals surface area (Å²) >= 11 is 0. The average molecular weight is 305 g/mol. The fourth-order valence-corrected chi connectivity index (χ4v) is 1.72. The van der Waals surface area contributed by atoms with Crippen molar-refractivity contribution in [2.75, 3.05) is 31.6 Å². The number of rotatable bonds is 8. The van der Waals surface area contributed by atoms with Crippen molar-refractivity contribution in [3.8, 4) is 0 Å². The zero-order valence-corrected chi connectivity index (χ0v) is 11.7. The Morgan fingerprint density at radius 2 is 2.24 bits per heavy atom. The third kappa shape index (κ3) is 5.22. The Labute approximate surface area is 120 Å². The molecule has 0 bridgehead atoms. The summed E-state index contributed by atoms with van der Waals surface area (Å²) in [6, 6.07) is 0.948. The van der Waals surface area contributed by atoms with Gasteiger partial charge in [0.15, 0.2) is 0 Å². The molecule has 1 amide bonds. The minimum atomic E-state index is -2.74. The van der Waals surface area contributed by atoms with E-state index in [-0.39, 0.29) is 17.9 Å². The van der Waals surface area contributed by atoms with Crippen LogP contribution in [0.2, 0.25) is 0 Å². The number of aliphatic hydroxyl groups excluding tert-OH is 1. The Morgan fingerprint density at radius 1 is 1.52 bits per heavy atom. The first kappa shape index (κ1) is 17.2. The van der Waals surface area contributed by atoms with Gasteiger partial charge in [-0.1, -0.05) is 6.92 Å². The second kappa shape index (κ2) is 8.46. The lowest BCUT2D eigenvalue weighted by atomic mass is 10.2. The van der Waals surface area contributed by atoms with Crippen LogP contribution in [-0.4, -0.2) is 53.6 Å². The van der Waals surface area contributed by atoms with E-state index in [2.05, 4.69) is 10.3 Å². The third-order valence-corrected chi connectivity index (χ3v) is 2.64. The predicted octanol–water partition coefficient (Wildman–Crippen LogP) is 1.74. The normalized spacial score (nSPS) is 10.8. The first-order valence-electron chi connectivity index (χ1n) is 6.57. The van der Waals surface area contributed by atoms with Crippen LogP contribution in [-0.2, 0) is 0 Å². The molecule has 118 valence electrons. The molecule has 8 heteroatoms. The number of halogens is 3. The molecule has 5 nitrogen and oxygen atoms in total. The zero-order valence-electron chi connectivity index (χ0n) is 11.7. The van der Waals surface area contributed by atoms with E-state index in [0.717, 1.165) is 23.6 Å². The lowest BCUT2D eigenvalue weighted by Gasteiger charge is -2.22. The summed E-state index contributed by atoms with van der Waals surface area (Å²) in [4.78, 5) is 16.8. The van der Waals surface area contributed by atoms with Crippen LogP contribution in [0.3, 0.4) is 0 Å². The van der Waals surface area contributed by atoms with Crippen molar-refractivity contribution in [1.82, 2.24) is 9.88 Å². The minimum Gasteiger partial charge on any atom is -0.395 e. The van der Waals surface area contributed by atoms with E-state index in [1.807, 2.05) is 6.92 Å². The van der Waals surface area contributed by atoms with Crippen LogP contribution < -0.4 is 5.32 Å². The Morgan fingerprint density at radius 3 is 2.81 bits per heavy atom. The number of aliphatic hydroxyl groups is 1. The highest BCUT2D eigenvalue weighted by Gasteiger charge is 2.23. The number of carbonyl (C=O) groups excluding carboxylic acids is 1. The number of alkyl halides is 2. The topological polar surface area (TPSA) is 65.5 Å². The van der Waals surface area contributed by atoms with Gasteiger partial charge < -0.3 is 15.3 Å². The van der Waals surface area contributed by atoms with Gasteiger partial charge in [0.2, 0.25) is 0 Å². The van der Waals surface area contributed by atoms with E-state index in [9.17, 15) is 18.0 Å². The first-order valence-corrected chi connectivity index (χ1v) is 6.57. The van der Waals surface area contributed by atoms with Gasteiger partial charge in [-0.2, -0.15) is 0 Å². The summed E-state index contributed by atoms with van der Waals surface area (Å²) in [7, 11) is 0. The Kier molecular flexibility index (Phi) is 6.93. The second-order valence-electron chi connectivity index (χ2n) is 4.34. The van der Waals surface area contributed by atoms with Gasteiger partial charge in [-0.15, -0.1) is 0 Å². The molecule has 1 rings (SSSR count). The predicted molar refractivity (Wildman–Crippen MR) is 72.0 cm³/mol. The van der Waals surface area contributed by atoms with E-state index >= 15 is 0 Å². The van der Waals surface area contributed by atoms with Gasteiger partial charge >= 0.3 is 0 Å². The summed E-state index contributed by atoms with van der Waals surface area (Å²) in [6.07, 6.45) is -1.04. The van der Waals surface area contributed by atoms with Crippen molar-refractivity contribution < 1.29 is 23.1 Å². The van der Waals surface area contributed by atoms with Crippen molar-refractivity contribution >= 4 is 11.7 Å². The maximum absolute atomic E-state index is 13.3. The molecule has 0 aliphatic rings. The largest absolute Gasteiger partial charge is 0.395 e. The zero-order chi connectivity index (χ0) is 15.8. The van der Waals surface area contributed by atoms with E-state index in [1.54, 1.807) is 0 Å². The van der Waals surface area contributed by atoms with E-state index < -0.39 is 31.3 Å². The maximum atomic E-state index is 13.3. The molecule has 2 N–H and O–H groups in total. The van der Waals surface area contributed by atoms with Crippen LogP contribution in [0.25, 0.3) is 0 Å². The molecule has 0 atom stereocenters. The summed E-state index contributed by atoms with van der Waals surface area (Å²) in [6.45, 7) is 0.857. The molecule has 21 heavy (non-hydrogen) atoms. The van der Waals surface area contributed by atoms with Gasteiger partial charge in [0.1, 0.15) is 11.6 Å². The lowest BCUT2D eigenvalue weighted by Crippen LogP contribution is -2.37. The van der Waals surface area contributed by atoms with E-state index in [1.165, 1.54) is 0 Å². The maximum Gasteiger partial charge on any atom is 0.257 e. The second-order valence-corrected chi connectivity index (χ2v) is 4.34. The molecule has 1 heterocycles. The van der Waals surface area contributed by atoms with Crippen LogP contribution in [0.5, 0.6) is 0 Å². The molecular weight excluding hydrogens is 287 g/mol. The van der Waals surface area contributed by atoms with Crippen LogP contribution in [0.4, 0.5) is 19.0 Å². The van der Waals surface area contributed by atoms with Crippen molar-refractivity contribution in [3.63, 3.8) is 0 Å². The smallest absolute Gasteiger partial charge is 0.257 e. The standard InChI is InChI=1S/C13H18F3N3O2/c1-2-3-17-12-10(6-9(14)7-18-12)13(21)19(4-5-20)8-11(15)16/h6-7,11,20H,2-5,8H2,1H3,(H,17,18). The van der Waals surface area contributed by atoms with Gasteiger partial charge in [-0.05, 0) is 12.5 Å². The van der Waals surface area contributed by atoms with Crippen LogP contribution in [0.1, 0.15) is 23.7 Å². The highest BCUT2D eigenvalue weighted by molar-refractivity contribution is 5.98. The third-order valence-electron chi connectivity index (χ3n) is 2.64. The molecule has 0 unspecified atom stereocenters. The fourth-order valence-electron chi connectivity index (χ4n) is 1.72. The van der Waals surface area contributed by atoms with Gasteiger partial charge in [0, 0.05) is 13.1 Å². The number of hydrogen-bond acceptors (Lipinski definition) is 4. The monoisotopic (exact) mass is 305 g/mol. The number of carbonyl (C=O) groups is 1. The van der Waals surface area contributed by atoms with Crippen LogP contribution in [0.15, 0.2) is 12.3 Å². The molecule has 0 aliphatic heterocycles. The van der Waals surface area contributed by atoms with E-state index in [4.69, 9.17) is 5.11 Å². The molecule has 1 aromatic rings. The molecule has 0 saturated heterocycles. The van der Waals surface area contributed by atoms with Crippen LogP contribution in [0, 0.1) is 5.82 Å². The minimum absolute atomic E-state index is 0.127. The quantitative estimate of drug-likeness (QED) is 0.768. The molecule has 0 fully saturated rings. The van der Waals surface area contributed by atoms with Gasteiger partial charge in [0.05, 0.1) is 24.9 Å². The number of hydrogen-bond donors (Lipinski definition) is 2. The van der Waals surface area contributed by atoms with Crippen molar-refractivity contribution in [2.45, 2.75) is 19.8 Å². The molecule has 1 aromatic heterocycles. The molecule has 0 spiro atoms. The number of nitrogens with zero attached hydrogens (tertiary/aromatic N) is 2. The SMILES string of the molecule is CCCNc1ncc(F)cc1C(=O)N(CCO)CC(F)F. The number of nitrogens with one attached hydrogen (secondary N) is 1. The number of pyridine rings is 1. The average Bonchev–Trinajstić information content (AvgIpc) is 2.44. The Hall–Kier alpha value is -1.83. The highest BCUT2D eigenvalue weighted by Crippen LogP contribution is 2.17. The Balaban J connectivity index is 3.03. The first-order chi connectivity index (χ1) is 9.99. The number of anilines is 1. The molecule has 0 aliphatic carbocycles. The van der Waals surface area contributed by atoms with Crippen molar-refractivity contribution in [3.05, 3.63) is 23.6 Å². The van der Waals surface area contributed by atoms with E-state index in [0.29, 0.717) is 6.54 Å². The summed E-state index contributed by atoms with van der Waals surface area (Å²) in [5, 5.41) is 11.7. The fraction of sp³-hybridized carbons (Fsp3) is 0.538. The van der Waals surface area contributed by atoms with Gasteiger partial charge in [-0.25, -0.2) is 18.2 Å². The van der Waals surface area contributed by atoms with Gasteiger partial charge in [-0.3, -0.25) is 4.79 Å². The molecular formula is C13H18F3N3O2.